The minimum absolute atomic E-state index is 0.00480. The molecular formula is C15H18N2O2. The molecular weight excluding hydrogens is 240 g/mol. The molecule has 1 saturated carbocycles. The molecule has 0 aliphatic heterocycles. The Hall–Kier alpha value is -1.84. The SMILES string of the molecule is Cc1cc2nc(C3CCC3)n(CC(=O)O)c2cc1C. The highest BCUT2D eigenvalue weighted by Crippen LogP contribution is 2.37. The predicted octanol–water partition coefficient (Wildman–Crippen LogP) is 3.01. The second-order valence-corrected chi connectivity index (χ2v) is 5.50. The summed E-state index contributed by atoms with van der Waals surface area (Å²) in [5, 5.41) is 9.12. The number of rotatable bonds is 3. The zero-order chi connectivity index (χ0) is 13.6. The van der Waals surface area contributed by atoms with Crippen molar-refractivity contribution >= 4 is 17.0 Å². The first-order chi connectivity index (χ1) is 9.06. The first-order valence-corrected chi connectivity index (χ1v) is 6.75. The number of hydrogen-bond donors (Lipinski definition) is 1. The van der Waals surface area contributed by atoms with Gasteiger partial charge in [-0.05, 0) is 49.9 Å². The Labute approximate surface area is 112 Å². The van der Waals surface area contributed by atoms with Gasteiger partial charge in [0.25, 0.3) is 0 Å². The highest BCUT2D eigenvalue weighted by atomic mass is 16.4. The van der Waals surface area contributed by atoms with Gasteiger partial charge < -0.3 is 9.67 Å². The van der Waals surface area contributed by atoms with E-state index in [9.17, 15) is 4.79 Å². The molecule has 0 spiro atoms. The maximum Gasteiger partial charge on any atom is 0.323 e. The number of carboxylic acid groups (broad SMARTS) is 1. The molecule has 1 aromatic heterocycles. The van der Waals surface area contributed by atoms with Crippen LogP contribution in [-0.2, 0) is 11.3 Å². The molecule has 1 aliphatic rings. The first-order valence-electron chi connectivity index (χ1n) is 6.75. The van der Waals surface area contributed by atoms with Crippen LogP contribution in [0.5, 0.6) is 0 Å². The van der Waals surface area contributed by atoms with E-state index < -0.39 is 5.97 Å². The van der Waals surface area contributed by atoms with E-state index in [1.807, 2.05) is 4.57 Å². The van der Waals surface area contributed by atoms with E-state index >= 15 is 0 Å². The van der Waals surface area contributed by atoms with Crippen LogP contribution >= 0.6 is 0 Å². The Kier molecular flexibility index (Phi) is 2.81. The summed E-state index contributed by atoms with van der Waals surface area (Å²) in [6.45, 7) is 4.12. The normalized spacial score (nSPS) is 15.7. The van der Waals surface area contributed by atoms with Gasteiger partial charge in [-0.15, -0.1) is 0 Å². The van der Waals surface area contributed by atoms with E-state index in [1.165, 1.54) is 17.5 Å². The number of nitrogens with zero attached hydrogens (tertiary/aromatic N) is 2. The summed E-state index contributed by atoms with van der Waals surface area (Å²) in [4.78, 5) is 15.8. The molecule has 4 heteroatoms. The number of imidazole rings is 1. The number of fused-ring (bicyclic) bond motifs is 1. The van der Waals surface area contributed by atoms with E-state index in [-0.39, 0.29) is 6.54 Å². The standard InChI is InChI=1S/C15H18N2O2/c1-9-6-12-13(7-10(9)2)17(8-14(18)19)15(16-12)11-4-3-5-11/h6-7,11H,3-5,8H2,1-2H3,(H,18,19). The van der Waals surface area contributed by atoms with Gasteiger partial charge in [-0.1, -0.05) is 6.42 Å². The van der Waals surface area contributed by atoms with Crippen molar-refractivity contribution in [2.45, 2.75) is 45.6 Å². The average Bonchev–Trinajstić information content (AvgIpc) is 2.55. The molecule has 1 aromatic carbocycles. The molecule has 0 unspecified atom stereocenters. The van der Waals surface area contributed by atoms with Crippen molar-refractivity contribution < 1.29 is 9.90 Å². The van der Waals surface area contributed by atoms with Crippen molar-refractivity contribution in [2.24, 2.45) is 0 Å². The van der Waals surface area contributed by atoms with Crippen LogP contribution in [0.2, 0.25) is 0 Å². The zero-order valence-corrected chi connectivity index (χ0v) is 11.3. The Morgan fingerprint density at radius 3 is 2.63 bits per heavy atom. The van der Waals surface area contributed by atoms with Gasteiger partial charge in [0.15, 0.2) is 0 Å². The molecule has 3 rings (SSSR count). The topological polar surface area (TPSA) is 55.1 Å². The van der Waals surface area contributed by atoms with Crippen LogP contribution in [0.1, 0.15) is 42.1 Å². The lowest BCUT2D eigenvalue weighted by molar-refractivity contribution is -0.137. The molecule has 0 radical (unpaired) electrons. The minimum Gasteiger partial charge on any atom is -0.480 e. The highest BCUT2D eigenvalue weighted by molar-refractivity contribution is 5.80. The van der Waals surface area contributed by atoms with Gasteiger partial charge in [0.05, 0.1) is 11.0 Å². The average molecular weight is 258 g/mol. The van der Waals surface area contributed by atoms with Gasteiger partial charge in [-0.2, -0.15) is 0 Å². The number of benzene rings is 1. The number of aryl methyl sites for hydroxylation is 2. The largest absolute Gasteiger partial charge is 0.480 e. The third-order valence-corrected chi connectivity index (χ3v) is 4.16. The second-order valence-electron chi connectivity index (χ2n) is 5.50. The Bertz CT molecular complexity index is 654. The summed E-state index contributed by atoms with van der Waals surface area (Å²) in [6, 6.07) is 4.12. The third-order valence-electron chi connectivity index (χ3n) is 4.16. The lowest BCUT2D eigenvalue weighted by Crippen LogP contribution is -2.18. The first kappa shape index (κ1) is 12.2. The summed E-state index contributed by atoms with van der Waals surface area (Å²) in [5.74, 6) is 0.583. The molecule has 1 heterocycles. The van der Waals surface area contributed by atoms with Crippen LogP contribution in [-0.4, -0.2) is 20.6 Å². The molecule has 0 atom stereocenters. The van der Waals surface area contributed by atoms with Gasteiger partial charge in [0, 0.05) is 5.92 Å². The molecule has 4 nitrogen and oxygen atoms in total. The van der Waals surface area contributed by atoms with Crippen LogP contribution in [0.4, 0.5) is 0 Å². The quantitative estimate of drug-likeness (QED) is 0.920. The van der Waals surface area contributed by atoms with Crippen molar-refractivity contribution in [3.8, 4) is 0 Å². The van der Waals surface area contributed by atoms with Gasteiger partial charge >= 0.3 is 5.97 Å². The summed E-state index contributed by atoms with van der Waals surface area (Å²) >= 11 is 0. The number of carbonyl (C=O) groups is 1. The molecule has 0 bridgehead atoms. The third kappa shape index (κ3) is 2.01. The highest BCUT2D eigenvalue weighted by Gasteiger charge is 2.26. The molecule has 19 heavy (non-hydrogen) atoms. The van der Waals surface area contributed by atoms with Crippen LogP contribution < -0.4 is 0 Å². The van der Waals surface area contributed by atoms with E-state index in [1.54, 1.807) is 0 Å². The van der Waals surface area contributed by atoms with Gasteiger partial charge in [0.2, 0.25) is 0 Å². The number of carboxylic acids is 1. The summed E-state index contributed by atoms with van der Waals surface area (Å²) in [7, 11) is 0. The summed E-state index contributed by atoms with van der Waals surface area (Å²) in [5.41, 5.74) is 4.26. The Morgan fingerprint density at radius 1 is 1.37 bits per heavy atom. The van der Waals surface area contributed by atoms with Crippen molar-refractivity contribution in [3.63, 3.8) is 0 Å². The molecule has 2 aromatic rings. The lowest BCUT2D eigenvalue weighted by Gasteiger charge is -2.25. The minimum atomic E-state index is -0.807. The van der Waals surface area contributed by atoms with Crippen LogP contribution in [0.15, 0.2) is 12.1 Å². The van der Waals surface area contributed by atoms with Crippen molar-refractivity contribution in [3.05, 3.63) is 29.1 Å². The zero-order valence-electron chi connectivity index (χ0n) is 11.3. The van der Waals surface area contributed by atoms with Crippen LogP contribution in [0.3, 0.4) is 0 Å². The molecule has 0 saturated heterocycles. The van der Waals surface area contributed by atoms with Gasteiger partial charge in [-0.25, -0.2) is 4.98 Å². The molecule has 100 valence electrons. The summed E-state index contributed by atoms with van der Waals surface area (Å²) in [6.07, 6.45) is 3.47. The van der Waals surface area contributed by atoms with E-state index in [4.69, 9.17) is 5.11 Å². The maximum absolute atomic E-state index is 11.1. The maximum atomic E-state index is 11.1. The predicted molar refractivity (Wildman–Crippen MR) is 73.4 cm³/mol. The number of aliphatic carboxylic acids is 1. The molecule has 1 aliphatic carbocycles. The smallest absolute Gasteiger partial charge is 0.323 e. The van der Waals surface area contributed by atoms with Gasteiger partial charge in [-0.3, -0.25) is 4.79 Å². The number of aromatic nitrogens is 2. The van der Waals surface area contributed by atoms with Crippen LogP contribution in [0.25, 0.3) is 11.0 Å². The monoisotopic (exact) mass is 258 g/mol. The Morgan fingerprint density at radius 2 is 2.05 bits per heavy atom. The van der Waals surface area contributed by atoms with E-state index in [0.717, 1.165) is 29.7 Å². The molecule has 0 amide bonds. The summed E-state index contributed by atoms with van der Waals surface area (Å²) < 4.78 is 1.88. The fourth-order valence-corrected chi connectivity index (χ4v) is 2.68. The van der Waals surface area contributed by atoms with Crippen molar-refractivity contribution in [1.82, 2.24) is 9.55 Å². The fourth-order valence-electron chi connectivity index (χ4n) is 2.68. The fraction of sp³-hybridized carbons (Fsp3) is 0.467. The molecule has 1 N–H and O–H groups in total. The van der Waals surface area contributed by atoms with E-state index in [0.29, 0.717) is 5.92 Å². The van der Waals surface area contributed by atoms with Crippen LogP contribution in [0, 0.1) is 13.8 Å². The van der Waals surface area contributed by atoms with Crippen molar-refractivity contribution in [2.75, 3.05) is 0 Å². The lowest BCUT2D eigenvalue weighted by atomic mass is 9.85. The van der Waals surface area contributed by atoms with Crippen molar-refractivity contribution in [1.29, 1.82) is 0 Å². The number of hydrogen-bond acceptors (Lipinski definition) is 2. The Balaban J connectivity index is 2.19. The molecule has 1 fully saturated rings. The van der Waals surface area contributed by atoms with E-state index in [2.05, 4.69) is 31.0 Å². The second kappa shape index (κ2) is 4.37. The van der Waals surface area contributed by atoms with Gasteiger partial charge in [0.1, 0.15) is 12.4 Å².